The molecule has 18 heavy (non-hydrogen) atoms. The van der Waals surface area contributed by atoms with Crippen LogP contribution in [0.15, 0.2) is 41.1 Å². The van der Waals surface area contributed by atoms with Crippen LogP contribution in [0.25, 0.3) is 21.1 Å². The largest absolute Gasteiger partial charge is 0.353 e. The van der Waals surface area contributed by atoms with Crippen LogP contribution in [0.5, 0.6) is 0 Å². The minimum Gasteiger partial charge on any atom is -0.353 e. The molecule has 0 amide bonds. The topological polar surface area (TPSA) is 41.8 Å². The number of nitrogens with two attached hydrogens (primary N) is 1. The van der Waals surface area contributed by atoms with E-state index in [-0.39, 0.29) is 0 Å². The van der Waals surface area contributed by atoms with Gasteiger partial charge < -0.3 is 10.7 Å². The van der Waals surface area contributed by atoms with E-state index in [1.807, 2.05) is 0 Å². The molecule has 3 aromatic heterocycles. The van der Waals surface area contributed by atoms with Crippen LogP contribution in [-0.2, 0) is 6.42 Å². The molecule has 4 heteroatoms. The van der Waals surface area contributed by atoms with Crippen molar-refractivity contribution in [3.63, 3.8) is 0 Å². The summed E-state index contributed by atoms with van der Waals surface area (Å²) in [6, 6.07) is 10.7. The highest BCUT2D eigenvalue weighted by molar-refractivity contribution is 7.14. The lowest BCUT2D eigenvalue weighted by Gasteiger charge is -1.98. The number of H-pyrrole nitrogens is 1. The Bertz CT molecular complexity index is 606. The molecule has 0 aliphatic rings. The highest BCUT2D eigenvalue weighted by atomic mass is 32.1. The van der Waals surface area contributed by atoms with Crippen LogP contribution in [0.1, 0.15) is 5.56 Å². The normalized spacial score (nSPS) is 10.9. The van der Waals surface area contributed by atoms with Crippen molar-refractivity contribution in [1.29, 1.82) is 0 Å². The van der Waals surface area contributed by atoms with E-state index in [1.54, 1.807) is 22.7 Å². The van der Waals surface area contributed by atoms with E-state index >= 15 is 0 Å². The van der Waals surface area contributed by atoms with E-state index in [2.05, 4.69) is 46.1 Å². The zero-order chi connectivity index (χ0) is 12.4. The summed E-state index contributed by atoms with van der Waals surface area (Å²) in [5, 5.41) is 4.21. The first-order valence-electron chi connectivity index (χ1n) is 5.88. The molecule has 0 unspecified atom stereocenters. The number of nitrogens with one attached hydrogen (secondary N) is 1. The summed E-state index contributed by atoms with van der Waals surface area (Å²) < 4.78 is 0. The zero-order valence-corrected chi connectivity index (χ0v) is 11.5. The van der Waals surface area contributed by atoms with Gasteiger partial charge in [-0.25, -0.2) is 0 Å². The summed E-state index contributed by atoms with van der Waals surface area (Å²) in [4.78, 5) is 6.09. The van der Waals surface area contributed by atoms with Crippen LogP contribution in [0.4, 0.5) is 0 Å². The Labute approximate surface area is 114 Å². The van der Waals surface area contributed by atoms with Gasteiger partial charge in [-0.1, -0.05) is 12.1 Å². The lowest BCUT2D eigenvalue weighted by Crippen LogP contribution is -2.02. The lowest BCUT2D eigenvalue weighted by atomic mass is 10.1. The Kier molecular flexibility index (Phi) is 3.32. The number of hydrogen-bond donors (Lipinski definition) is 2. The third kappa shape index (κ3) is 2.14. The van der Waals surface area contributed by atoms with Crippen LogP contribution < -0.4 is 5.73 Å². The Morgan fingerprint density at radius 3 is 2.39 bits per heavy atom. The standard InChI is InChI=1S/C14H14N2S2/c15-6-5-10-9-11(12-3-1-7-17-12)16-14(10)13-4-2-8-18-13/h1-4,7-9,16H,5-6,15H2. The van der Waals surface area contributed by atoms with Crippen molar-refractivity contribution in [1.82, 2.24) is 4.98 Å². The van der Waals surface area contributed by atoms with Gasteiger partial charge in [0.2, 0.25) is 0 Å². The van der Waals surface area contributed by atoms with Gasteiger partial charge in [-0.2, -0.15) is 0 Å². The molecular formula is C14H14N2S2. The van der Waals surface area contributed by atoms with Gasteiger partial charge >= 0.3 is 0 Å². The molecule has 0 spiro atoms. The molecule has 0 saturated carbocycles. The second kappa shape index (κ2) is 5.10. The number of aromatic nitrogens is 1. The van der Waals surface area contributed by atoms with Crippen LogP contribution in [0.3, 0.4) is 0 Å². The van der Waals surface area contributed by atoms with Gasteiger partial charge in [0.25, 0.3) is 0 Å². The maximum absolute atomic E-state index is 5.70. The van der Waals surface area contributed by atoms with Gasteiger partial charge in [-0.05, 0) is 47.5 Å². The second-order valence-electron chi connectivity index (χ2n) is 4.08. The van der Waals surface area contributed by atoms with Crippen molar-refractivity contribution < 1.29 is 0 Å². The van der Waals surface area contributed by atoms with Crippen LogP contribution >= 0.6 is 22.7 Å². The fourth-order valence-electron chi connectivity index (χ4n) is 2.06. The zero-order valence-electron chi connectivity index (χ0n) is 9.85. The minimum absolute atomic E-state index is 0.681. The van der Waals surface area contributed by atoms with Crippen molar-refractivity contribution in [2.75, 3.05) is 6.54 Å². The summed E-state index contributed by atoms with van der Waals surface area (Å²) in [5.74, 6) is 0. The average molecular weight is 274 g/mol. The van der Waals surface area contributed by atoms with Crippen molar-refractivity contribution in [2.45, 2.75) is 6.42 Å². The molecule has 0 aliphatic carbocycles. The molecule has 0 aliphatic heterocycles. The van der Waals surface area contributed by atoms with Gasteiger partial charge in [0, 0.05) is 0 Å². The van der Waals surface area contributed by atoms with Crippen molar-refractivity contribution >= 4 is 22.7 Å². The molecule has 0 aromatic carbocycles. The average Bonchev–Trinajstić information content (AvgIpc) is 3.11. The fourth-order valence-corrected chi connectivity index (χ4v) is 3.51. The third-order valence-corrected chi connectivity index (χ3v) is 4.66. The molecule has 3 N–H and O–H groups in total. The maximum Gasteiger partial charge on any atom is 0.0593 e. The second-order valence-corrected chi connectivity index (χ2v) is 5.97. The lowest BCUT2D eigenvalue weighted by molar-refractivity contribution is 0.973. The van der Waals surface area contributed by atoms with Crippen LogP contribution in [0.2, 0.25) is 0 Å². The summed E-state index contributed by atoms with van der Waals surface area (Å²) in [5.41, 5.74) is 9.42. The van der Waals surface area contributed by atoms with Gasteiger partial charge in [-0.15, -0.1) is 22.7 Å². The first-order chi connectivity index (χ1) is 8.88. The summed E-state index contributed by atoms with van der Waals surface area (Å²) in [7, 11) is 0. The highest BCUT2D eigenvalue weighted by Gasteiger charge is 2.12. The highest BCUT2D eigenvalue weighted by Crippen LogP contribution is 2.33. The first-order valence-corrected chi connectivity index (χ1v) is 7.64. The summed E-state index contributed by atoms with van der Waals surface area (Å²) >= 11 is 3.51. The minimum atomic E-state index is 0.681. The summed E-state index contributed by atoms with van der Waals surface area (Å²) in [6.07, 6.45) is 0.912. The van der Waals surface area contributed by atoms with Gasteiger partial charge in [-0.3, -0.25) is 0 Å². The van der Waals surface area contributed by atoms with Crippen LogP contribution in [0, 0.1) is 0 Å². The van der Waals surface area contributed by atoms with E-state index in [4.69, 9.17) is 5.73 Å². The van der Waals surface area contributed by atoms with E-state index in [0.29, 0.717) is 6.54 Å². The third-order valence-electron chi connectivity index (χ3n) is 2.87. The van der Waals surface area contributed by atoms with E-state index in [1.165, 1.54) is 26.7 Å². The predicted octanol–water partition coefficient (Wildman–Crippen LogP) is 3.97. The maximum atomic E-state index is 5.70. The molecule has 0 atom stereocenters. The number of thiophene rings is 2. The van der Waals surface area contributed by atoms with Crippen molar-refractivity contribution in [3.05, 3.63) is 46.7 Å². The summed E-state index contributed by atoms with van der Waals surface area (Å²) in [6.45, 7) is 0.681. The van der Waals surface area contributed by atoms with E-state index < -0.39 is 0 Å². The SMILES string of the molecule is NCCc1cc(-c2cccs2)[nH]c1-c1cccs1. The Hall–Kier alpha value is -1.36. The van der Waals surface area contributed by atoms with E-state index in [9.17, 15) is 0 Å². The fraction of sp³-hybridized carbons (Fsp3) is 0.143. The van der Waals surface area contributed by atoms with E-state index in [0.717, 1.165) is 6.42 Å². The molecule has 3 heterocycles. The Morgan fingerprint density at radius 1 is 1.06 bits per heavy atom. The predicted molar refractivity (Wildman–Crippen MR) is 80.2 cm³/mol. The molecule has 92 valence electrons. The molecule has 0 bridgehead atoms. The van der Waals surface area contributed by atoms with Gasteiger partial charge in [0.15, 0.2) is 0 Å². The smallest absolute Gasteiger partial charge is 0.0593 e. The number of aromatic amines is 1. The van der Waals surface area contributed by atoms with Crippen LogP contribution in [-0.4, -0.2) is 11.5 Å². The van der Waals surface area contributed by atoms with Crippen molar-refractivity contribution in [2.24, 2.45) is 5.73 Å². The molecule has 0 radical (unpaired) electrons. The molecule has 3 aromatic rings. The van der Waals surface area contributed by atoms with Gasteiger partial charge in [0.1, 0.15) is 0 Å². The molecule has 2 nitrogen and oxygen atoms in total. The molecule has 3 rings (SSSR count). The molecular weight excluding hydrogens is 260 g/mol. The monoisotopic (exact) mass is 274 g/mol. The van der Waals surface area contributed by atoms with Gasteiger partial charge in [0.05, 0.1) is 21.1 Å². The quantitative estimate of drug-likeness (QED) is 0.742. The number of rotatable bonds is 4. The number of hydrogen-bond acceptors (Lipinski definition) is 3. The molecule has 0 fully saturated rings. The van der Waals surface area contributed by atoms with Crippen molar-refractivity contribution in [3.8, 4) is 21.1 Å². The Morgan fingerprint density at radius 2 is 1.78 bits per heavy atom. The Balaban J connectivity index is 2.07. The molecule has 0 saturated heterocycles. The first kappa shape index (κ1) is 11.7.